The Morgan fingerprint density at radius 1 is 1.29 bits per heavy atom. The predicted octanol–water partition coefficient (Wildman–Crippen LogP) is 4.06. The molecule has 0 aliphatic carbocycles. The molecule has 1 N–H and O–H groups in total. The van der Waals surface area contributed by atoms with Crippen LogP contribution in [0.15, 0.2) is 67.3 Å². The molecule has 0 aliphatic heterocycles. The van der Waals surface area contributed by atoms with Crippen LogP contribution >= 0.6 is 11.8 Å². The molecule has 2 aromatic heterocycles. The Hall–Kier alpha value is -3.00. The average Bonchev–Trinajstić information content (AvgIpc) is 3.22. The largest absolute Gasteiger partial charge is 0.502 e. The van der Waals surface area contributed by atoms with Gasteiger partial charge in [-0.25, -0.2) is 4.39 Å². The Morgan fingerprint density at radius 2 is 2.04 bits per heavy atom. The summed E-state index contributed by atoms with van der Waals surface area (Å²) in [6, 6.07) is 10.3. The highest BCUT2D eigenvalue weighted by atomic mass is 32.2. The first-order valence-corrected chi connectivity index (χ1v) is 9.31. The van der Waals surface area contributed by atoms with Crippen molar-refractivity contribution in [1.82, 2.24) is 0 Å². The van der Waals surface area contributed by atoms with E-state index in [2.05, 4.69) is 0 Å². The van der Waals surface area contributed by atoms with Crippen LogP contribution in [0.5, 0.6) is 5.75 Å². The second-order valence-electron chi connectivity index (χ2n) is 5.88. The van der Waals surface area contributed by atoms with Crippen molar-refractivity contribution in [1.29, 1.82) is 0 Å². The van der Waals surface area contributed by atoms with Crippen molar-refractivity contribution in [3.8, 4) is 5.75 Å². The lowest BCUT2D eigenvalue weighted by molar-refractivity contribution is -0.141. The Kier molecular flexibility index (Phi) is 6.20. The second kappa shape index (κ2) is 8.79. The number of aromatic hydroxyl groups is 1. The van der Waals surface area contributed by atoms with Gasteiger partial charge in [0.25, 0.3) is 0 Å². The number of methoxy groups -OCH3 is 1. The fraction of sp³-hybridized carbons (Fsp3) is 0.200. The van der Waals surface area contributed by atoms with Crippen molar-refractivity contribution in [2.75, 3.05) is 7.11 Å². The predicted molar refractivity (Wildman–Crippen MR) is 99.8 cm³/mol. The summed E-state index contributed by atoms with van der Waals surface area (Å²) in [7, 11) is 1.24. The molecule has 0 spiro atoms. The monoisotopic (exact) mass is 404 g/mol. The summed E-state index contributed by atoms with van der Waals surface area (Å²) in [5.74, 6) is -1.42. The fourth-order valence-electron chi connectivity index (χ4n) is 2.61. The highest BCUT2D eigenvalue weighted by Crippen LogP contribution is 2.34. The molecule has 0 fully saturated rings. The molecular weight excluding hydrogens is 387 g/mol. The number of hydrogen-bond donors (Lipinski definition) is 1. The zero-order chi connectivity index (χ0) is 20.1. The Labute approximate surface area is 163 Å². The van der Waals surface area contributed by atoms with Crippen molar-refractivity contribution in [2.24, 2.45) is 0 Å². The van der Waals surface area contributed by atoms with Crippen molar-refractivity contribution in [3.05, 3.63) is 82.0 Å². The molecule has 0 amide bonds. The number of carbonyl (C=O) groups is 1. The summed E-state index contributed by atoms with van der Waals surface area (Å²) in [5, 5.41) is 10.2. The quantitative estimate of drug-likeness (QED) is 0.469. The van der Waals surface area contributed by atoms with Gasteiger partial charge in [-0.1, -0.05) is 0 Å². The Bertz CT molecular complexity index is 995. The van der Waals surface area contributed by atoms with Gasteiger partial charge in [0.15, 0.2) is 5.76 Å². The van der Waals surface area contributed by atoms with Crippen LogP contribution in [0.2, 0.25) is 0 Å². The first-order valence-electron chi connectivity index (χ1n) is 8.32. The lowest BCUT2D eigenvalue weighted by Gasteiger charge is -2.15. The maximum atomic E-state index is 13.0. The number of rotatable bonds is 7. The normalized spacial score (nSPS) is 11.9. The molecule has 0 bridgehead atoms. The van der Waals surface area contributed by atoms with Gasteiger partial charge in [-0.05, 0) is 36.4 Å². The van der Waals surface area contributed by atoms with E-state index >= 15 is 0 Å². The summed E-state index contributed by atoms with van der Waals surface area (Å²) in [4.78, 5) is 24.8. The number of ether oxygens (including phenoxy) is 1. The highest BCUT2D eigenvalue weighted by molar-refractivity contribution is 7.98. The van der Waals surface area contributed by atoms with Gasteiger partial charge in [0.2, 0.25) is 11.2 Å². The number of carbonyl (C=O) groups excluding carboxylic acids is 1. The molecule has 1 aromatic carbocycles. The van der Waals surface area contributed by atoms with Crippen LogP contribution in [0.25, 0.3) is 0 Å². The summed E-state index contributed by atoms with van der Waals surface area (Å²) in [6.07, 6.45) is 1.25. The lowest BCUT2D eigenvalue weighted by atomic mass is 9.98. The van der Waals surface area contributed by atoms with Gasteiger partial charge in [-0.3, -0.25) is 9.59 Å². The molecule has 8 heteroatoms. The Morgan fingerprint density at radius 3 is 2.68 bits per heavy atom. The van der Waals surface area contributed by atoms with E-state index < -0.39 is 23.1 Å². The highest BCUT2D eigenvalue weighted by Gasteiger charge is 2.28. The number of hydrogen-bond acceptors (Lipinski definition) is 7. The third-order valence-electron chi connectivity index (χ3n) is 4.00. The molecule has 0 aliphatic rings. The van der Waals surface area contributed by atoms with E-state index in [9.17, 15) is 19.1 Å². The minimum Gasteiger partial charge on any atom is -0.502 e. The van der Waals surface area contributed by atoms with E-state index in [1.54, 1.807) is 24.3 Å². The van der Waals surface area contributed by atoms with Gasteiger partial charge in [0, 0.05) is 11.0 Å². The number of esters is 1. The first kappa shape index (κ1) is 19.8. The van der Waals surface area contributed by atoms with Gasteiger partial charge in [-0.15, -0.1) is 11.8 Å². The molecule has 0 saturated carbocycles. The van der Waals surface area contributed by atoms with E-state index in [4.69, 9.17) is 13.6 Å². The van der Waals surface area contributed by atoms with Crippen molar-refractivity contribution < 1.29 is 27.9 Å². The first-order chi connectivity index (χ1) is 13.5. The molecule has 6 nitrogen and oxygen atoms in total. The zero-order valence-electron chi connectivity index (χ0n) is 14.9. The van der Waals surface area contributed by atoms with Crippen LogP contribution in [0.1, 0.15) is 29.6 Å². The van der Waals surface area contributed by atoms with Crippen LogP contribution in [0, 0.1) is 5.82 Å². The van der Waals surface area contributed by atoms with Crippen LogP contribution in [0.3, 0.4) is 0 Å². The van der Waals surface area contributed by atoms with Crippen molar-refractivity contribution in [3.63, 3.8) is 0 Å². The van der Waals surface area contributed by atoms with Crippen LogP contribution < -0.4 is 5.43 Å². The van der Waals surface area contributed by atoms with Crippen LogP contribution in [-0.2, 0) is 15.3 Å². The zero-order valence-corrected chi connectivity index (χ0v) is 15.7. The minimum absolute atomic E-state index is 0.0671. The molecule has 1 atom stereocenters. The summed E-state index contributed by atoms with van der Waals surface area (Å²) in [5.41, 5.74) is -0.627. The van der Waals surface area contributed by atoms with Crippen molar-refractivity contribution in [2.45, 2.75) is 23.0 Å². The standard InChI is InChI=1S/C20H17FO6S/c1-25-18(23)10-15(17-3-2-8-26-17)20-19(24)16(22)9-13(27-20)11-28-14-6-4-12(21)5-7-14/h2-9,15,24H,10-11H2,1H3/t15-/m1/s1. The summed E-state index contributed by atoms with van der Waals surface area (Å²) >= 11 is 1.34. The summed E-state index contributed by atoms with van der Waals surface area (Å²) < 4.78 is 28.8. The van der Waals surface area contributed by atoms with Crippen LogP contribution in [0.4, 0.5) is 4.39 Å². The fourth-order valence-corrected chi connectivity index (χ4v) is 3.39. The minimum atomic E-state index is -0.814. The second-order valence-corrected chi connectivity index (χ2v) is 6.93. The van der Waals surface area contributed by atoms with Gasteiger partial charge in [-0.2, -0.15) is 0 Å². The summed E-state index contributed by atoms with van der Waals surface area (Å²) in [6.45, 7) is 0. The smallest absolute Gasteiger partial charge is 0.306 e. The third kappa shape index (κ3) is 4.64. The van der Waals surface area contributed by atoms with E-state index in [0.717, 1.165) is 4.90 Å². The van der Waals surface area contributed by atoms with Gasteiger partial charge >= 0.3 is 5.97 Å². The molecule has 0 radical (unpaired) electrons. The molecular formula is C20H17FO6S. The van der Waals surface area contributed by atoms with Crippen molar-refractivity contribution >= 4 is 17.7 Å². The maximum absolute atomic E-state index is 13.0. The van der Waals surface area contributed by atoms with Gasteiger partial charge < -0.3 is 18.7 Å². The van der Waals surface area contributed by atoms with E-state index in [0.29, 0.717) is 11.5 Å². The molecule has 146 valence electrons. The van der Waals surface area contributed by atoms with Crippen LogP contribution in [-0.4, -0.2) is 18.2 Å². The third-order valence-corrected chi connectivity index (χ3v) is 5.03. The SMILES string of the molecule is COC(=O)C[C@H](c1ccco1)c1oc(CSc2ccc(F)cc2)cc(=O)c1O. The Balaban J connectivity index is 1.91. The van der Waals surface area contributed by atoms with E-state index in [-0.39, 0.29) is 23.8 Å². The lowest BCUT2D eigenvalue weighted by Crippen LogP contribution is -2.13. The number of benzene rings is 1. The molecule has 2 heterocycles. The number of thioether (sulfide) groups is 1. The topological polar surface area (TPSA) is 89.9 Å². The molecule has 0 unspecified atom stereocenters. The molecule has 28 heavy (non-hydrogen) atoms. The van der Waals surface area contributed by atoms with E-state index in [1.165, 1.54) is 43.3 Å². The number of furan rings is 1. The van der Waals surface area contributed by atoms with E-state index in [1.807, 2.05) is 0 Å². The number of halogens is 1. The molecule has 3 rings (SSSR count). The van der Waals surface area contributed by atoms with Gasteiger partial charge in [0.05, 0.1) is 31.5 Å². The molecule has 3 aromatic rings. The molecule has 0 saturated heterocycles. The maximum Gasteiger partial charge on any atom is 0.306 e. The average molecular weight is 404 g/mol. The van der Waals surface area contributed by atoms with Gasteiger partial charge in [0.1, 0.15) is 17.3 Å².